The molecule has 0 saturated heterocycles. The Morgan fingerprint density at radius 3 is 2.33 bits per heavy atom. The van der Waals surface area contributed by atoms with Crippen LogP contribution >= 0.6 is 0 Å². The molecule has 0 bridgehead atoms. The molecule has 2 aromatic heterocycles. The van der Waals surface area contributed by atoms with Gasteiger partial charge in [0.05, 0.1) is 15.2 Å². The molecule has 0 saturated carbocycles. The van der Waals surface area contributed by atoms with Gasteiger partial charge in [-0.3, -0.25) is 4.98 Å². The summed E-state index contributed by atoms with van der Waals surface area (Å²) in [6.07, 6.45) is 5.90. The van der Waals surface area contributed by atoms with Crippen LogP contribution in [0.3, 0.4) is 0 Å². The predicted octanol–water partition coefficient (Wildman–Crippen LogP) is 5.05. The van der Waals surface area contributed by atoms with Crippen molar-refractivity contribution in [3.63, 3.8) is 0 Å². The zero-order valence-electron chi connectivity index (χ0n) is 23.4. The van der Waals surface area contributed by atoms with Crippen LogP contribution in [-0.2, 0) is 31.0 Å². The molecule has 0 unspecified atom stereocenters. The molecule has 42 heavy (non-hydrogen) atoms. The molecular weight excluding hydrogens is 574 g/mol. The number of aliphatic hydroxyl groups is 1. The van der Waals surface area contributed by atoms with Crippen LogP contribution in [0.15, 0.2) is 88.4 Å². The number of rotatable bonds is 8. The SMILES string of the molecule is CC(C)(c1cc(-c2cccc(/C=C(/c3ccc(S(C)(=O)=O)cc3)c3nc(CO)no3)c2)c2ncccc2c1)S(C)(=O)=O. The van der Waals surface area contributed by atoms with Crippen LogP contribution in [0.4, 0.5) is 0 Å². The molecule has 0 aliphatic heterocycles. The fraction of sp³-hybridized carbons (Fsp3) is 0.194. The van der Waals surface area contributed by atoms with Crippen LogP contribution in [0.2, 0.25) is 0 Å². The number of benzene rings is 3. The Balaban J connectivity index is 1.68. The lowest BCUT2D eigenvalue weighted by atomic mass is 9.92. The highest BCUT2D eigenvalue weighted by Gasteiger charge is 2.33. The van der Waals surface area contributed by atoms with E-state index in [-0.39, 0.29) is 16.6 Å². The van der Waals surface area contributed by atoms with E-state index in [0.717, 1.165) is 33.8 Å². The molecule has 9 nitrogen and oxygen atoms in total. The van der Waals surface area contributed by atoms with Gasteiger partial charge in [-0.1, -0.05) is 41.6 Å². The molecule has 0 aliphatic rings. The Hall–Kier alpha value is -4.19. The standard InChI is InChI=1S/C31H29N3O6S2/c1-31(2,42(4,38)39)24-17-23-9-6-14-32-29(23)26(18-24)22-8-5-7-20(15-22)16-27(30-33-28(19-35)34-40-30)21-10-12-25(13-11-21)41(3,36)37/h5-18,35H,19H2,1-4H3/b27-16-. The number of aromatic nitrogens is 3. The first-order chi connectivity index (χ1) is 19.8. The third kappa shape index (κ3) is 5.76. The van der Waals surface area contributed by atoms with Crippen molar-refractivity contribution in [3.05, 3.63) is 107 Å². The van der Waals surface area contributed by atoms with Crippen LogP contribution in [0.5, 0.6) is 0 Å². The van der Waals surface area contributed by atoms with Crippen molar-refractivity contribution in [3.8, 4) is 11.1 Å². The van der Waals surface area contributed by atoms with E-state index in [9.17, 15) is 21.9 Å². The summed E-state index contributed by atoms with van der Waals surface area (Å²) in [5.74, 6) is 0.265. The van der Waals surface area contributed by atoms with Gasteiger partial charge in [-0.2, -0.15) is 4.98 Å². The van der Waals surface area contributed by atoms with Crippen molar-refractivity contribution in [2.24, 2.45) is 0 Å². The molecule has 3 aromatic carbocycles. The number of aliphatic hydroxyl groups excluding tert-OH is 1. The molecule has 1 N–H and O–H groups in total. The first kappa shape index (κ1) is 29.3. The summed E-state index contributed by atoms with van der Waals surface area (Å²) in [7, 11) is -6.82. The zero-order valence-corrected chi connectivity index (χ0v) is 25.1. The highest BCUT2D eigenvalue weighted by atomic mass is 32.2. The minimum atomic E-state index is -3.43. The van der Waals surface area contributed by atoms with E-state index in [1.165, 1.54) is 18.4 Å². The van der Waals surface area contributed by atoms with Gasteiger partial charge < -0.3 is 9.63 Å². The first-order valence-electron chi connectivity index (χ1n) is 12.9. The van der Waals surface area contributed by atoms with Gasteiger partial charge in [-0.15, -0.1) is 0 Å². The van der Waals surface area contributed by atoms with Crippen LogP contribution in [0, 0.1) is 0 Å². The molecule has 0 amide bonds. The summed E-state index contributed by atoms with van der Waals surface area (Å²) in [6.45, 7) is 2.98. The smallest absolute Gasteiger partial charge is 0.258 e. The van der Waals surface area contributed by atoms with Gasteiger partial charge in [0.1, 0.15) is 6.61 Å². The van der Waals surface area contributed by atoms with Gasteiger partial charge in [-0.05, 0) is 78.6 Å². The lowest BCUT2D eigenvalue weighted by Gasteiger charge is -2.24. The van der Waals surface area contributed by atoms with Gasteiger partial charge in [0, 0.05) is 35.2 Å². The Labute approximate surface area is 244 Å². The average Bonchev–Trinajstić information content (AvgIpc) is 3.43. The number of hydrogen-bond acceptors (Lipinski definition) is 9. The first-order valence-corrected chi connectivity index (χ1v) is 16.7. The van der Waals surface area contributed by atoms with E-state index in [4.69, 9.17) is 4.52 Å². The Morgan fingerprint density at radius 2 is 1.69 bits per heavy atom. The molecule has 0 radical (unpaired) electrons. The Kier molecular flexibility index (Phi) is 7.61. The molecular formula is C31H29N3O6S2. The van der Waals surface area contributed by atoms with Crippen molar-refractivity contribution in [2.75, 3.05) is 12.5 Å². The topological polar surface area (TPSA) is 140 Å². The Morgan fingerprint density at radius 1 is 0.952 bits per heavy atom. The molecule has 0 fully saturated rings. The van der Waals surface area contributed by atoms with Crippen LogP contribution < -0.4 is 0 Å². The van der Waals surface area contributed by atoms with E-state index in [2.05, 4.69) is 15.1 Å². The van der Waals surface area contributed by atoms with Crippen molar-refractivity contribution < 1.29 is 26.5 Å². The fourth-order valence-corrected chi connectivity index (χ4v) is 5.69. The molecule has 2 heterocycles. The number of sulfone groups is 2. The fourth-order valence-electron chi connectivity index (χ4n) is 4.51. The van der Waals surface area contributed by atoms with Gasteiger partial charge in [-0.25, -0.2) is 16.8 Å². The maximum Gasteiger partial charge on any atom is 0.258 e. The van der Waals surface area contributed by atoms with E-state index >= 15 is 0 Å². The molecule has 5 rings (SSSR count). The number of pyridine rings is 1. The van der Waals surface area contributed by atoms with Crippen molar-refractivity contribution in [2.45, 2.75) is 30.1 Å². The minimum absolute atomic E-state index is 0.111. The number of hydrogen-bond donors (Lipinski definition) is 1. The highest BCUT2D eigenvalue weighted by molar-refractivity contribution is 7.91. The van der Waals surface area contributed by atoms with Gasteiger partial charge in [0.25, 0.3) is 5.89 Å². The lowest BCUT2D eigenvalue weighted by Crippen LogP contribution is -2.28. The van der Waals surface area contributed by atoms with E-state index in [0.29, 0.717) is 16.7 Å². The van der Waals surface area contributed by atoms with Crippen molar-refractivity contribution in [1.82, 2.24) is 15.1 Å². The monoisotopic (exact) mass is 603 g/mol. The summed E-state index contributed by atoms with van der Waals surface area (Å²) in [4.78, 5) is 9.04. The zero-order chi connectivity index (χ0) is 30.3. The van der Waals surface area contributed by atoms with E-state index in [1.54, 1.807) is 32.2 Å². The van der Waals surface area contributed by atoms with Crippen molar-refractivity contribution >= 4 is 42.2 Å². The predicted molar refractivity (Wildman–Crippen MR) is 162 cm³/mol. The summed E-state index contributed by atoms with van der Waals surface area (Å²) in [5, 5.41) is 14.1. The van der Waals surface area contributed by atoms with Gasteiger partial charge in [0.15, 0.2) is 25.5 Å². The quantitative estimate of drug-likeness (QED) is 0.241. The largest absolute Gasteiger partial charge is 0.388 e. The lowest BCUT2D eigenvalue weighted by molar-refractivity contribution is 0.263. The second-order valence-electron chi connectivity index (χ2n) is 10.5. The minimum Gasteiger partial charge on any atom is -0.388 e. The second kappa shape index (κ2) is 10.9. The average molecular weight is 604 g/mol. The van der Waals surface area contributed by atoms with Crippen LogP contribution in [-0.4, -0.2) is 49.6 Å². The molecule has 216 valence electrons. The maximum absolute atomic E-state index is 12.7. The van der Waals surface area contributed by atoms with E-state index in [1.807, 2.05) is 54.6 Å². The summed E-state index contributed by atoms with van der Waals surface area (Å²) >= 11 is 0. The number of nitrogens with zero attached hydrogens (tertiary/aromatic N) is 3. The Bertz CT molecular complexity index is 2050. The van der Waals surface area contributed by atoms with E-state index < -0.39 is 31.0 Å². The van der Waals surface area contributed by atoms with Gasteiger partial charge in [0.2, 0.25) is 0 Å². The van der Waals surface area contributed by atoms with Crippen LogP contribution in [0.1, 0.15) is 42.3 Å². The molecule has 11 heteroatoms. The molecule has 0 atom stereocenters. The third-order valence-electron chi connectivity index (χ3n) is 7.27. The third-order valence-corrected chi connectivity index (χ3v) is 10.5. The summed E-state index contributed by atoms with van der Waals surface area (Å²) in [5.41, 5.74) is 4.87. The van der Waals surface area contributed by atoms with Gasteiger partial charge >= 0.3 is 0 Å². The second-order valence-corrected chi connectivity index (χ2v) is 15.1. The molecule has 0 aliphatic carbocycles. The number of fused-ring (bicyclic) bond motifs is 1. The summed E-state index contributed by atoms with van der Waals surface area (Å²) in [6, 6.07) is 21.4. The van der Waals surface area contributed by atoms with Crippen LogP contribution in [0.25, 0.3) is 33.7 Å². The summed E-state index contributed by atoms with van der Waals surface area (Å²) < 4.78 is 53.7. The maximum atomic E-state index is 12.7. The molecule has 0 spiro atoms. The highest BCUT2D eigenvalue weighted by Crippen LogP contribution is 2.37. The van der Waals surface area contributed by atoms with Crippen molar-refractivity contribution in [1.29, 1.82) is 0 Å². The normalized spacial score (nSPS) is 13.0. The molecule has 5 aromatic rings.